The van der Waals surface area contributed by atoms with E-state index in [0.717, 1.165) is 5.82 Å². The van der Waals surface area contributed by atoms with E-state index in [-0.39, 0.29) is 12.3 Å². The van der Waals surface area contributed by atoms with Crippen LogP contribution in [0.15, 0.2) is 12.4 Å². The van der Waals surface area contributed by atoms with E-state index in [0.29, 0.717) is 6.54 Å². The summed E-state index contributed by atoms with van der Waals surface area (Å²) in [6.07, 6.45) is 8.38. The molecular weight excluding hydrogens is 154 g/mol. The van der Waals surface area contributed by atoms with Crippen molar-refractivity contribution in [2.75, 3.05) is 0 Å². The first-order valence-electron chi connectivity index (χ1n) is 3.51. The summed E-state index contributed by atoms with van der Waals surface area (Å²) in [6, 6.07) is 0. The summed E-state index contributed by atoms with van der Waals surface area (Å²) in [6.45, 7) is 0.396. The largest absolute Gasteiger partial charge is 0.348 e. The number of H-pyrrole nitrogens is 1. The summed E-state index contributed by atoms with van der Waals surface area (Å²) >= 11 is 0. The second-order valence-corrected chi connectivity index (χ2v) is 2.19. The van der Waals surface area contributed by atoms with Gasteiger partial charge < -0.3 is 10.3 Å². The maximum absolute atomic E-state index is 10.8. The number of imidazole rings is 1. The predicted octanol–water partition coefficient (Wildman–Crippen LogP) is 0.0492. The van der Waals surface area contributed by atoms with Gasteiger partial charge in [0.1, 0.15) is 5.82 Å². The highest BCUT2D eigenvalue weighted by molar-refractivity contribution is 5.78. The van der Waals surface area contributed by atoms with Gasteiger partial charge in [-0.2, -0.15) is 0 Å². The molecule has 0 fully saturated rings. The van der Waals surface area contributed by atoms with E-state index < -0.39 is 0 Å². The topological polar surface area (TPSA) is 57.8 Å². The third-order valence-corrected chi connectivity index (χ3v) is 1.27. The van der Waals surface area contributed by atoms with Crippen LogP contribution in [0.25, 0.3) is 0 Å². The molecule has 4 nitrogen and oxygen atoms in total. The Balaban J connectivity index is 2.28. The quantitative estimate of drug-likeness (QED) is 0.618. The average molecular weight is 163 g/mol. The van der Waals surface area contributed by atoms with E-state index in [1.165, 1.54) is 0 Å². The smallest absolute Gasteiger partial charge is 0.232 e. The fourth-order valence-electron chi connectivity index (χ4n) is 0.732. The summed E-state index contributed by atoms with van der Waals surface area (Å²) in [5, 5.41) is 2.61. The highest BCUT2D eigenvalue weighted by Gasteiger charge is 1.98. The van der Waals surface area contributed by atoms with Crippen LogP contribution in [0.5, 0.6) is 0 Å². The molecule has 0 saturated heterocycles. The van der Waals surface area contributed by atoms with Crippen molar-refractivity contribution in [1.29, 1.82) is 0 Å². The van der Waals surface area contributed by atoms with Gasteiger partial charge in [-0.15, -0.1) is 6.42 Å². The standard InChI is InChI=1S/C8H9N3O/c1-2-3-8(12)11-6-7-9-4-5-10-7/h1,4-5H,3,6H2,(H,9,10)(H,11,12). The van der Waals surface area contributed by atoms with Crippen molar-refractivity contribution < 1.29 is 4.79 Å². The zero-order chi connectivity index (χ0) is 8.81. The first kappa shape index (κ1) is 8.34. The lowest BCUT2D eigenvalue weighted by Gasteiger charge is -1.98. The zero-order valence-corrected chi connectivity index (χ0v) is 6.50. The van der Waals surface area contributed by atoms with E-state index >= 15 is 0 Å². The Labute approximate surface area is 70.4 Å². The Morgan fingerprint density at radius 3 is 3.25 bits per heavy atom. The Bertz CT molecular complexity index is 284. The third-order valence-electron chi connectivity index (χ3n) is 1.27. The van der Waals surface area contributed by atoms with E-state index in [9.17, 15) is 4.79 Å². The molecule has 0 aliphatic rings. The Morgan fingerprint density at radius 1 is 1.83 bits per heavy atom. The number of nitrogens with one attached hydrogen (secondary N) is 2. The van der Waals surface area contributed by atoms with Gasteiger partial charge in [0.2, 0.25) is 5.91 Å². The van der Waals surface area contributed by atoms with Gasteiger partial charge in [0.15, 0.2) is 0 Å². The van der Waals surface area contributed by atoms with Crippen molar-refractivity contribution in [3.63, 3.8) is 0 Å². The minimum absolute atomic E-state index is 0.112. The summed E-state index contributed by atoms with van der Waals surface area (Å²) in [7, 11) is 0. The molecule has 2 N–H and O–H groups in total. The lowest BCUT2D eigenvalue weighted by molar-refractivity contribution is -0.120. The lowest BCUT2D eigenvalue weighted by atomic mass is 10.4. The van der Waals surface area contributed by atoms with Gasteiger partial charge in [0.05, 0.1) is 13.0 Å². The number of terminal acetylenes is 1. The van der Waals surface area contributed by atoms with Crippen molar-refractivity contribution in [1.82, 2.24) is 15.3 Å². The highest BCUT2D eigenvalue weighted by atomic mass is 16.1. The zero-order valence-electron chi connectivity index (χ0n) is 6.50. The third kappa shape index (κ3) is 2.46. The maximum atomic E-state index is 10.8. The number of nitrogens with zero attached hydrogens (tertiary/aromatic N) is 1. The number of hydrogen-bond acceptors (Lipinski definition) is 2. The molecule has 0 atom stereocenters. The number of carbonyl (C=O) groups excluding carboxylic acids is 1. The number of aromatic nitrogens is 2. The number of rotatable bonds is 3. The van der Waals surface area contributed by atoms with Gasteiger partial charge in [-0.25, -0.2) is 4.98 Å². The van der Waals surface area contributed by atoms with Crippen LogP contribution in [0.1, 0.15) is 12.2 Å². The molecule has 1 amide bonds. The molecule has 0 aliphatic heterocycles. The van der Waals surface area contributed by atoms with Gasteiger partial charge in [-0.1, -0.05) is 5.92 Å². The molecule has 0 unspecified atom stereocenters. The summed E-state index contributed by atoms with van der Waals surface area (Å²) in [5.74, 6) is 2.82. The minimum Gasteiger partial charge on any atom is -0.348 e. The molecule has 0 radical (unpaired) electrons. The Hall–Kier alpha value is -1.76. The Morgan fingerprint density at radius 2 is 2.67 bits per heavy atom. The van der Waals surface area contributed by atoms with Gasteiger partial charge >= 0.3 is 0 Å². The van der Waals surface area contributed by atoms with Crippen LogP contribution in [-0.2, 0) is 11.3 Å². The molecule has 4 heteroatoms. The molecule has 0 bridgehead atoms. The van der Waals surface area contributed by atoms with E-state index in [4.69, 9.17) is 6.42 Å². The van der Waals surface area contributed by atoms with Crippen LogP contribution in [0.4, 0.5) is 0 Å². The van der Waals surface area contributed by atoms with Gasteiger partial charge in [0, 0.05) is 12.4 Å². The molecule has 62 valence electrons. The normalized spacial score (nSPS) is 8.92. The predicted molar refractivity (Wildman–Crippen MR) is 43.9 cm³/mol. The van der Waals surface area contributed by atoms with E-state index in [1.54, 1.807) is 12.4 Å². The SMILES string of the molecule is C#CCC(=O)NCc1ncc[nH]1. The molecular formula is C8H9N3O. The van der Waals surface area contributed by atoms with Crippen molar-refractivity contribution in [2.45, 2.75) is 13.0 Å². The van der Waals surface area contributed by atoms with Crippen LogP contribution in [0.2, 0.25) is 0 Å². The number of hydrogen-bond donors (Lipinski definition) is 2. The highest BCUT2D eigenvalue weighted by Crippen LogP contribution is 1.86. The van der Waals surface area contributed by atoms with Crippen molar-refractivity contribution in [2.24, 2.45) is 0 Å². The number of carbonyl (C=O) groups is 1. The van der Waals surface area contributed by atoms with Crippen LogP contribution >= 0.6 is 0 Å². The summed E-state index contributed by atoms with van der Waals surface area (Å²) in [5.41, 5.74) is 0. The number of aromatic amines is 1. The van der Waals surface area contributed by atoms with E-state index in [2.05, 4.69) is 21.2 Å². The first-order chi connectivity index (χ1) is 5.83. The first-order valence-corrected chi connectivity index (χ1v) is 3.51. The monoisotopic (exact) mass is 163 g/mol. The minimum atomic E-state index is -0.158. The Kier molecular flexibility index (Phi) is 2.91. The van der Waals surface area contributed by atoms with Gasteiger partial charge in [-0.05, 0) is 0 Å². The molecule has 12 heavy (non-hydrogen) atoms. The molecule has 0 saturated carbocycles. The van der Waals surface area contributed by atoms with Gasteiger partial charge in [0.25, 0.3) is 0 Å². The van der Waals surface area contributed by atoms with Crippen molar-refractivity contribution in [3.8, 4) is 12.3 Å². The molecule has 0 spiro atoms. The van der Waals surface area contributed by atoms with E-state index in [1.807, 2.05) is 0 Å². The average Bonchev–Trinajstić information content (AvgIpc) is 2.53. The van der Waals surface area contributed by atoms with Crippen LogP contribution < -0.4 is 5.32 Å². The molecule has 1 rings (SSSR count). The summed E-state index contributed by atoms with van der Waals surface area (Å²) < 4.78 is 0. The maximum Gasteiger partial charge on any atom is 0.232 e. The molecule has 1 aromatic heterocycles. The van der Waals surface area contributed by atoms with Crippen LogP contribution in [0, 0.1) is 12.3 Å². The van der Waals surface area contributed by atoms with Gasteiger partial charge in [-0.3, -0.25) is 4.79 Å². The van der Waals surface area contributed by atoms with Crippen molar-refractivity contribution >= 4 is 5.91 Å². The van der Waals surface area contributed by atoms with Crippen molar-refractivity contribution in [3.05, 3.63) is 18.2 Å². The summed E-state index contributed by atoms with van der Waals surface area (Å²) in [4.78, 5) is 17.6. The molecule has 1 aromatic rings. The second-order valence-electron chi connectivity index (χ2n) is 2.19. The molecule has 1 heterocycles. The second kappa shape index (κ2) is 4.19. The lowest BCUT2D eigenvalue weighted by Crippen LogP contribution is -2.22. The van der Waals surface area contributed by atoms with Crippen LogP contribution in [0.3, 0.4) is 0 Å². The molecule has 0 aromatic carbocycles. The van der Waals surface area contributed by atoms with Crippen LogP contribution in [-0.4, -0.2) is 15.9 Å². The molecule has 0 aliphatic carbocycles. The number of amides is 1. The fraction of sp³-hybridized carbons (Fsp3) is 0.250. The fourth-order valence-corrected chi connectivity index (χ4v) is 0.732.